The third-order valence-electron chi connectivity index (χ3n) is 5.41. The van der Waals surface area contributed by atoms with Gasteiger partial charge in [0, 0.05) is 55.4 Å². The van der Waals surface area contributed by atoms with E-state index in [0.717, 1.165) is 35.7 Å². The number of aromatic nitrogens is 2. The summed E-state index contributed by atoms with van der Waals surface area (Å²) in [4.78, 5) is 25.8. The van der Waals surface area contributed by atoms with Gasteiger partial charge in [0.25, 0.3) is 0 Å². The van der Waals surface area contributed by atoms with Crippen LogP contribution in [0, 0.1) is 6.92 Å². The Morgan fingerprint density at radius 3 is 2.12 bits per heavy atom. The van der Waals surface area contributed by atoms with Gasteiger partial charge in [0.15, 0.2) is 5.82 Å². The van der Waals surface area contributed by atoms with E-state index in [4.69, 9.17) is 21.3 Å². The zero-order valence-electron chi connectivity index (χ0n) is 18.9. The van der Waals surface area contributed by atoms with Gasteiger partial charge in [-0.25, -0.2) is 14.8 Å². The van der Waals surface area contributed by atoms with Crippen molar-refractivity contribution in [3.63, 3.8) is 0 Å². The zero-order chi connectivity index (χ0) is 23.4. The third kappa shape index (κ3) is 5.53. The minimum atomic E-state index is -0.315. The van der Waals surface area contributed by atoms with Crippen LogP contribution in [-0.4, -0.2) is 56.4 Å². The number of hydrogen-bond donors (Lipinski definition) is 2. The van der Waals surface area contributed by atoms with Crippen molar-refractivity contribution in [2.75, 3.05) is 60.8 Å². The zero-order valence-corrected chi connectivity index (χ0v) is 19.7. The first-order valence-electron chi connectivity index (χ1n) is 10.7. The van der Waals surface area contributed by atoms with E-state index in [2.05, 4.69) is 20.5 Å². The Morgan fingerprint density at radius 2 is 1.55 bits per heavy atom. The maximum Gasteiger partial charge on any atom is 0.323 e. The molecule has 8 nitrogen and oxygen atoms in total. The van der Waals surface area contributed by atoms with Gasteiger partial charge in [-0.15, -0.1) is 0 Å². The molecule has 0 spiro atoms. The molecule has 1 aliphatic rings. The Hall–Kier alpha value is -3.36. The molecule has 0 aliphatic carbocycles. The predicted octanol–water partition coefficient (Wildman–Crippen LogP) is 4.65. The largest absolute Gasteiger partial charge is 0.378 e. The second-order valence-corrected chi connectivity index (χ2v) is 8.34. The van der Waals surface area contributed by atoms with E-state index in [1.165, 1.54) is 0 Å². The molecule has 2 aromatic carbocycles. The summed E-state index contributed by atoms with van der Waals surface area (Å²) in [7, 11) is 3.94. The van der Waals surface area contributed by atoms with Crippen molar-refractivity contribution in [1.29, 1.82) is 0 Å². The van der Waals surface area contributed by atoms with Crippen LogP contribution in [0.4, 0.5) is 27.7 Å². The molecule has 0 radical (unpaired) electrons. The van der Waals surface area contributed by atoms with Gasteiger partial charge in [-0.3, -0.25) is 0 Å². The lowest BCUT2D eigenvalue weighted by atomic mass is 10.2. The first-order chi connectivity index (χ1) is 15.9. The molecule has 0 atom stereocenters. The lowest BCUT2D eigenvalue weighted by Crippen LogP contribution is -2.37. The van der Waals surface area contributed by atoms with Crippen molar-refractivity contribution >= 4 is 40.5 Å². The number of hydrogen-bond acceptors (Lipinski definition) is 6. The highest BCUT2D eigenvalue weighted by molar-refractivity contribution is 6.30. The van der Waals surface area contributed by atoms with E-state index < -0.39 is 0 Å². The number of anilines is 4. The number of benzene rings is 2. The average Bonchev–Trinajstić information content (AvgIpc) is 2.82. The number of halogens is 1. The number of nitrogens with one attached hydrogen (secondary N) is 2. The number of morpholine rings is 1. The van der Waals surface area contributed by atoms with E-state index in [9.17, 15) is 4.79 Å². The standard InChI is InChI=1S/C24H27ClN6O2/c1-16-21(25)28-22(29-23(16)31-12-14-33-15-13-31)17-4-6-18(7-5-17)26-24(32)27-19-8-10-20(11-9-19)30(2)3/h4-11H,12-15H2,1-3H3,(H2,26,27,32). The number of nitrogens with zero attached hydrogens (tertiary/aromatic N) is 4. The van der Waals surface area contributed by atoms with Gasteiger partial charge in [0.2, 0.25) is 0 Å². The highest BCUT2D eigenvalue weighted by atomic mass is 35.5. The SMILES string of the molecule is Cc1c(Cl)nc(-c2ccc(NC(=O)Nc3ccc(N(C)C)cc3)cc2)nc1N1CCOCC1. The summed E-state index contributed by atoms with van der Waals surface area (Å²) >= 11 is 6.42. The second kappa shape index (κ2) is 10.1. The van der Waals surface area contributed by atoms with Gasteiger partial charge in [-0.1, -0.05) is 11.6 Å². The monoisotopic (exact) mass is 466 g/mol. The van der Waals surface area contributed by atoms with Crippen LogP contribution in [0.5, 0.6) is 0 Å². The molecule has 3 aromatic rings. The van der Waals surface area contributed by atoms with Crippen molar-refractivity contribution in [3.05, 3.63) is 59.2 Å². The number of carbonyl (C=O) groups is 1. The normalized spacial score (nSPS) is 13.5. The van der Waals surface area contributed by atoms with E-state index in [-0.39, 0.29) is 6.03 Å². The molecule has 2 heterocycles. The van der Waals surface area contributed by atoms with E-state index in [0.29, 0.717) is 35.6 Å². The molecule has 2 amide bonds. The fraction of sp³-hybridized carbons (Fsp3) is 0.292. The molecule has 0 bridgehead atoms. The number of amides is 2. The Morgan fingerprint density at radius 1 is 0.970 bits per heavy atom. The molecule has 1 fully saturated rings. The van der Waals surface area contributed by atoms with Crippen LogP contribution in [0.1, 0.15) is 5.56 Å². The van der Waals surface area contributed by atoms with Crippen LogP contribution in [0.3, 0.4) is 0 Å². The molecule has 4 rings (SSSR count). The van der Waals surface area contributed by atoms with E-state index in [1.54, 1.807) is 0 Å². The second-order valence-electron chi connectivity index (χ2n) is 7.98. The minimum absolute atomic E-state index is 0.315. The highest BCUT2D eigenvalue weighted by Crippen LogP contribution is 2.28. The van der Waals surface area contributed by atoms with Crippen molar-refractivity contribution < 1.29 is 9.53 Å². The van der Waals surface area contributed by atoms with Gasteiger partial charge in [0.05, 0.1) is 13.2 Å². The minimum Gasteiger partial charge on any atom is -0.378 e. The molecule has 1 aliphatic heterocycles. The van der Waals surface area contributed by atoms with E-state index >= 15 is 0 Å². The summed E-state index contributed by atoms with van der Waals surface area (Å²) < 4.78 is 5.44. The Bertz CT molecular complexity index is 1110. The van der Waals surface area contributed by atoms with Crippen LogP contribution >= 0.6 is 11.6 Å². The fourth-order valence-corrected chi connectivity index (χ4v) is 3.69. The molecular formula is C24H27ClN6O2. The molecule has 2 N–H and O–H groups in total. The maximum atomic E-state index is 12.4. The van der Waals surface area contributed by atoms with Gasteiger partial charge in [0.1, 0.15) is 11.0 Å². The van der Waals surface area contributed by atoms with Gasteiger partial charge in [-0.05, 0) is 55.5 Å². The molecule has 9 heteroatoms. The lowest BCUT2D eigenvalue weighted by molar-refractivity contribution is 0.122. The number of rotatable bonds is 5. The van der Waals surface area contributed by atoms with Crippen LogP contribution in [0.2, 0.25) is 5.15 Å². The quantitative estimate of drug-likeness (QED) is 0.532. The van der Waals surface area contributed by atoms with E-state index in [1.807, 2.05) is 74.4 Å². The lowest BCUT2D eigenvalue weighted by Gasteiger charge is -2.29. The topological polar surface area (TPSA) is 82.6 Å². The summed E-state index contributed by atoms with van der Waals surface area (Å²) in [5.74, 6) is 1.37. The molecule has 1 saturated heterocycles. The number of urea groups is 1. The Balaban J connectivity index is 1.44. The van der Waals surface area contributed by atoms with Crippen LogP contribution < -0.4 is 20.4 Å². The summed E-state index contributed by atoms with van der Waals surface area (Å²) in [6.07, 6.45) is 0. The first kappa shape index (κ1) is 22.8. The number of ether oxygens (including phenoxy) is 1. The molecule has 0 unspecified atom stereocenters. The highest BCUT2D eigenvalue weighted by Gasteiger charge is 2.19. The summed E-state index contributed by atoms with van der Waals surface area (Å²) in [6, 6.07) is 14.7. The summed E-state index contributed by atoms with van der Waals surface area (Å²) in [6.45, 7) is 4.79. The maximum absolute atomic E-state index is 12.4. The summed E-state index contributed by atoms with van der Waals surface area (Å²) in [5.41, 5.74) is 4.11. The Kier molecular flexibility index (Phi) is 6.96. The van der Waals surface area contributed by atoms with Crippen molar-refractivity contribution in [2.24, 2.45) is 0 Å². The molecule has 172 valence electrons. The van der Waals surface area contributed by atoms with Gasteiger partial charge in [-0.2, -0.15) is 0 Å². The third-order valence-corrected chi connectivity index (χ3v) is 5.78. The fourth-order valence-electron chi connectivity index (χ4n) is 3.53. The molecule has 0 saturated carbocycles. The van der Waals surface area contributed by atoms with Gasteiger partial charge >= 0.3 is 6.03 Å². The summed E-state index contributed by atoms with van der Waals surface area (Å²) in [5, 5.41) is 6.11. The van der Waals surface area contributed by atoms with Crippen molar-refractivity contribution in [1.82, 2.24) is 9.97 Å². The van der Waals surface area contributed by atoms with Crippen LogP contribution in [0.15, 0.2) is 48.5 Å². The van der Waals surface area contributed by atoms with Crippen molar-refractivity contribution in [3.8, 4) is 11.4 Å². The first-order valence-corrected chi connectivity index (χ1v) is 11.1. The predicted molar refractivity (Wildman–Crippen MR) is 134 cm³/mol. The average molecular weight is 467 g/mol. The van der Waals surface area contributed by atoms with Crippen LogP contribution in [0.25, 0.3) is 11.4 Å². The smallest absolute Gasteiger partial charge is 0.323 e. The molecule has 1 aromatic heterocycles. The molecular weight excluding hydrogens is 440 g/mol. The van der Waals surface area contributed by atoms with Crippen molar-refractivity contribution in [2.45, 2.75) is 6.92 Å². The Labute approximate surface area is 198 Å². The van der Waals surface area contributed by atoms with Crippen LogP contribution in [-0.2, 0) is 4.74 Å². The van der Waals surface area contributed by atoms with Gasteiger partial charge < -0.3 is 25.2 Å². The number of carbonyl (C=O) groups excluding carboxylic acids is 1. The molecule has 33 heavy (non-hydrogen) atoms.